The van der Waals surface area contributed by atoms with Crippen molar-refractivity contribution in [2.24, 2.45) is 12.8 Å². The molecule has 1 aromatic carbocycles. The first kappa shape index (κ1) is 28.1. The number of hydrogen-bond acceptors (Lipinski definition) is 8. The Bertz CT molecular complexity index is 1790. The molecule has 1 fully saturated rings. The van der Waals surface area contributed by atoms with Crippen molar-refractivity contribution in [1.82, 2.24) is 29.0 Å². The number of carbonyl (C=O) groups excluding carboxylic acids is 1. The van der Waals surface area contributed by atoms with Crippen LogP contribution < -0.4 is 27.2 Å². The number of amides is 1. The smallest absolute Gasteiger partial charge is 0.331 e. The van der Waals surface area contributed by atoms with E-state index in [1.807, 2.05) is 29.2 Å². The van der Waals surface area contributed by atoms with Crippen LogP contribution in [0.2, 0.25) is 0 Å². The molecule has 1 aliphatic heterocycles. The first-order valence-corrected chi connectivity index (χ1v) is 13.6. The molecule has 1 atom stereocenters. The topological polar surface area (TPSA) is 142 Å². The van der Waals surface area contributed by atoms with Gasteiger partial charge in [-0.25, -0.2) is 14.8 Å². The number of nitrogens with zero attached hydrogens (tertiary/aromatic N) is 6. The second-order valence-corrected chi connectivity index (χ2v) is 10.1. The van der Waals surface area contributed by atoms with E-state index in [-0.39, 0.29) is 42.3 Å². The normalized spacial score (nSPS) is 15.2. The molecule has 214 valence electrons. The number of nitrogens with one attached hydrogen (secondary N) is 1. The number of nitrogens with two attached hydrogens (primary N) is 1. The number of piperidine rings is 1. The van der Waals surface area contributed by atoms with Crippen molar-refractivity contribution < 1.29 is 9.53 Å². The van der Waals surface area contributed by atoms with Gasteiger partial charge in [-0.05, 0) is 25.8 Å². The highest BCUT2D eigenvalue weighted by molar-refractivity contribution is 6.11. The fourth-order valence-electron chi connectivity index (χ4n) is 5.40. The van der Waals surface area contributed by atoms with Gasteiger partial charge < -0.3 is 25.3 Å². The van der Waals surface area contributed by atoms with Crippen molar-refractivity contribution in [2.45, 2.75) is 38.9 Å². The first-order valence-electron chi connectivity index (χ1n) is 13.6. The number of hydrogen-bond donors (Lipinski definition) is 2. The molecule has 0 unspecified atom stereocenters. The van der Waals surface area contributed by atoms with Gasteiger partial charge in [0.25, 0.3) is 11.5 Å². The molecule has 3 aromatic heterocycles. The molecule has 0 aliphatic carbocycles. The lowest BCUT2D eigenvalue weighted by Crippen LogP contribution is -2.44. The van der Waals surface area contributed by atoms with Gasteiger partial charge in [-0.2, -0.15) is 0 Å². The summed E-state index contributed by atoms with van der Waals surface area (Å²) in [4.78, 5) is 52.6. The van der Waals surface area contributed by atoms with Crippen LogP contribution in [-0.4, -0.2) is 69.0 Å². The lowest BCUT2D eigenvalue weighted by Gasteiger charge is -2.33. The van der Waals surface area contributed by atoms with E-state index in [0.29, 0.717) is 36.9 Å². The van der Waals surface area contributed by atoms with E-state index in [2.05, 4.69) is 27.1 Å². The zero-order valence-corrected chi connectivity index (χ0v) is 23.5. The number of methoxy groups -OCH3 is 1. The number of aryl methyl sites for hydroxylation is 1. The molecule has 3 N–H and O–H groups in total. The number of benzene rings is 1. The van der Waals surface area contributed by atoms with Crippen molar-refractivity contribution in [3.63, 3.8) is 0 Å². The minimum atomic E-state index is -0.578. The van der Waals surface area contributed by atoms with E-state index < -0.39 is 17.2 Å². The Labute approximate surface area is 236 Å². The van der Waals surface area contributed by atoms with Crippen LogP contribution in [0.5, 0.6) is 0 Å². The maximum absolute atomic E-state index is 14.2. The van der Waals surface area contributed by atoms with E-state index in [9.17, 15) is 14.4 Å². The van der Waals surface area contributed by atoms with Gasteiger partial charge >= 0.3 is 5.69 Å². The van der Waals surface area contributed by atoms with Gasteiger partial charge in [0.15, 0.2) is 0 Å². The molecule has 0 radical (unpaired) electrons. The maximum Gasteiger partial charge on any atom is 0.331 e. The SMILES string of the molecule is CC#CCn1c(N2CCC[C@@H](N)C2)c(C(=O)NCCOC)c2c1c(=O)n(Cc1ncc3ccccc3n1)c(=O)n2C. The standard InChI is InChI=1S/C29H34N8O4/c1-4-5-14-36-25-24(23(26(38)31-12-15-41-3)27(36)35-13-8-10-20(30)17-35)34(2)29(40)37(28(25)39)18-22-32-16-19-9-6-7-11-21(19)33-22/h6-7,9,11,16,20H,8,10,12-15,17-18,30H2,1-3H3,(H,31,38)/t20-/m1/s1. The Hall–Kier alpha value is -4.47. The monoisotopic (exact) mass is 558 g/mol. The highest BCUT2D eigenvalue weighted by Gasteiger charge is 2.32. The molecule has 0 spiro atoms. The van der Waals surface area contributed by atoms with Crippen LogP contribution in [0.1, 0.15) is 35.9 Å². The van der Waals surface area contributed by atoms with Gasteiger partial charge in [0, 0.05) is 51.4 Å². The Morgan fingerprint density at radius 1 is 1.22 bits per heavy atom. The molecule has 4 heterocycles. The lowest BCUT2D eigenvalue weighted by atomic mass is 10.1. The molecule has 5 rings (SSSR count). The molecule has 41 heavy (non-hydrogen) atoms. The van der Waals surface area contributed by atoms with Crippen LogP contribution in [0.15, 0.2) is 40.1 Å². The Balaban J connectivity index is 1.76. The Kier molecular flexibility index (Phi) is 8.19. The third-order valence-corrected chi connectivity index (χ3v) is 7.34. The van der Waals surface area contributed by atoms with Gasteiger partial charge in [0.05, 0.1) is 30.7 Å². The van der Waals surface area contributed by atoms with Crippen molar-refractivity contribution in [3.8, 4) is 11.8 Å². The molecule has 1 saturated heterocycles. The Morgan fingerprint density at radius 2 is 2.02 bits per heavy atom. The zero-order valence-electron chi connectivity index (χ0n) is 23.5. The van der Waals surface area contributed by atoms with Crippen molar-refractivity contribution in [3.05, 3.63) is 62.7 Å². The van der Waals surface area contributed by atoms with Crippen LogP contribution in [0, 0.1) is 11.8 Å². The highest BCUT2D eigenvalue weighted by atomic mass is 16.5. The van der Waals surface area contributed by atoms with Crippen molar-refractivity contribution in [1.29, 1.82) is 0 Å². The minimum absolute atomic E-state index is 0.0950. The molecular weight excluding hydrogens is 524 g/mol. The summed E-state index contributed by atoms with van der Waals surface area (Å²) in [7, 11) is 3.11. The fraction of sp³-hybridized carbons (Fsp3) is 0.414. The minimum Gasteiger partial charge on any atom is -0.383 e. The predicted octanol–water partition coefficient (Wildman–Crippen LogP) is 0.820. The number of para-hydroxylation sites is 1. The highest BCUT2D eigenvalue weighted by Crippen LogP contribution is 2.32. The number of fused-ring (bicyclic) bond motifs is 2. The molecule has 1 aliphatic rings. The van der Waals surface area contributed by atoms with Gasteiger partial charge in [0.2, 0.25) is 0 Å². The average molecular weight is 559 g/mol. The summed E-state index contributed by atoms with van der Waals surface area (Å²) in [5, 5.41) is 3.73. The number of rotatable bonds is 8. The van der Waals surface area contributed by atoms with Crippen LogP contribution in [-0.2, 0) is 24.9 Å². The number of ether oxygens (including phenoxy) is 1. The second kappa shape index (κ2) is 12.0. The largest absolute Gasteiger partial charge is 0.383 e. The second-order valence-electron chi connectivity index (χ2n) is 10.1. The summed E-state index contributed by atoms with van der Waals surface area (Å²) >= 11 is 0. The summed E-state index contributed by atoms with van der Waals surface area (Å²) in [5.74, 6) is 6.38. The summed E-state index contributed by atoms with van der Waals surface area (Å²) in [6, 6.07) is 7.41. The summed E-state index contributed by atoms with van der Waals surface area (Å²) in [6.45, 7) is 3.46. The van der Waals surface area contributed by atoms with Crippen LogP contribution in [0.4, 0.5) is 5.82 Å². The van der Waals surface area contributed by atoms with E-state index in [1.165, 1.54) is 4.57 Å². The lowest BCUT2D eigenvalue weighted by molar-refractivity contribution is 0.0938. The molecular formula is C29H34N8O4. The molecule has 4 aromatic rings. The first-order chi connectivity index (χ1) is 19.8. The number of aromatic nitrogens is 5. The van der Waals surface area contributed by atoms with Crippen molar-refractivity contribution in [2.75, 3.05) is 38.3 Å². The van der Waals surface area contributed by atoms with Crippen LogP contribution in [0.3, 0.4) is 0 Å². The van der Waals surface area contributed by atoms with E-state index in [0.717, 1.165) is 22.8 Å². The summed E-state index contributed by atoms with van der Waals surface area (Å²) in [5.41, 5.74) is 6.62. The molecule has 12 heteroatoms. The van der Waals surface area contributed by atoms with Crippen LogP contribution in [0.25, 0.3) is 21.9 Å². The quantitative estimate of drug-likeness (QED) is 0.239. The third kappa shape index (κ3) is 5.33. The van der Waals surface area contributed by atoms with E-state index in [4.69, 9.17) is 10.5 Å². The molecule has 1 amide bonds. The number of carbonyl (C=O) groups is 1. The van der Waals surface area contributed by atoms with Gasteiger partial charge in [-0.3, -0.25) is 18.7 Å². The fourth-order valence-corrected chi connectivity index (χ4v) is 5.40. The van der Waals surface area contributed by atoms with Crippen molar-refractivity contribution >= 4 is 33.7 Å². The van der Waals surface area contributed by atoms with Crippen LogP contribution >= 0.6 is 0 Å². The van der Waals surface area contributed by atoms with E-state index in [1.54, 1.807) is 31.8 Å². The number of anilines is 1. The average Bonchev–Trinajstić information content (AvgIpc) is 3.32. The molecule has 12 nitrogen and oxygen atoms in total. The maximum atomic E-state index is 14.2. The predicted molar refractivity (Wildman–Crippen MR) is 157 cm³/mol. The molecule has 0 saturated carbocycles. The van der Waals surface area contributed by atoms with E-state index >= 15 is 0 Å². The summed E-state index contributed by atoms with van der Waals surface area (Å²) < 4.78 is 9.32. The molecule has 0 bridgehead atoms. The zero-order chi connectivity index (χ0) is 29.1. The van der Waals surface area contributed by atoms with Gasteiger partial charge in [-0.15, -0.1) is 5.92 Å². The Morgan fingerprint density at radius 3 is 2.78 bits per heavy atom. The van der Waals surface area contributed by atoms with Gasteiger partial charge in [-0.1, -0.05) is 24.1 Å². The third-order valence-electron chi connectivity index (χ3n) is 7.34. The summed E-state index contributed by atoms with van der Waals surface area (Å²) in [6.07, 6.45) is 3.36. The van der Waals surface area contributed by atoms with Gasteiger partial charge in [0.1, 0.15) is 22.7 Å².